The van der Waals surface area contributed by atoms with Crippen LogP contribution >= 0.6 is 0 Å². The Morgan fingerprint density at radius 1 is 1.21 bits per heavy atom. The van der Waals surface area contributed by atoms with E-state index in [0.29, 0.717) is 36.6 Å². The van der Waals surface area contributed by atoms with Gasteiger partial charge in [-0.25, -0.2) is 4.98 Å². The number of hydrogen-bond donors (Lipinski definition) is 2. The number of aromatic nitrogens is 1. The number of alkyl halides is 3. The molecule has 1 aliphatic rings. The summed E-state index contributed by atoms with van der Waals surface area (Å²) >= 11 is 0. The number of halogens is 3. The zero-order valence-corrected chi connectivity index (χ0v) is 14.6. The number of carbonyl (C=O) groups is 2. The molecule has 0 aliphatic carbocycles. The number of nitrogens with two attached hydrogens (primary N) is 1. The van der Waals surface area contributed by atoms with Gasteiger partial charge in [0.25, 0.3) is 0 Å². The Hall–Kier alpha value is -3.36. The summed E-state index contributed by atoms with van der Waals surface area (Å²) in [5.41, 5.74) is 7.02. The van der Waals surface area contributed by atoms with Crippen molar-refractivity contribution in [1.29, 1.82) is 0 Å². The van der Waals surface area contributed by atoms with Crippen LogP contribution in [0.2, 0.25) is 0 Å². The van der Waals surface area contributed by atoms with Gasteiger partial charge in [0.15, 0.2) is 0 Å². The lowest BCUT2D eigenvalue weighted by Gasteiger charge is -2.34. The zero-order valence-electron chi connectivity index (χ0n) is 14.6. The van der Waals surface area contributed by atoms with E-state index in [-0.39, 0.29) is 5.92 Å². The smallest absolute Gasteiger partial charge is 0.384 e. The first kappa shape index (κ1) is 19.4. The maximum absolute atomic E-state index is 12.8. The molecule has 0 saturated heterocycles. The molecule has 2 amide bonds. The minimum Gasteiger partial charge on any atom is -0.384 e. The van der Waals surface area contributed by atoms with E-state index in [4.69, 9.17) is 5.73 Å². The summed E-state index contributed by atoms with van der Waals surface area (Å²) in [6, 6.07) is 8.24. The molecule has 2 heterocycles. The van der Waals surface area contributed by atoms with Crippen molar-refractivity contribution in [2.45, 2.75) is 12.6 Å². The van der Waals surface area contributed by atoms with Crippen molar-refractivity contribution in [3.8, 4) is 0 Å². The molecule has 3 rings (SSSR count). The number of hydrogen-bond acceptors (Lipinski definition) is 5. The van der Waals surface area contributed by atoms with Crippen LogP contribution in [0, 0.1) is 5.92 Å². The molecule has 0 radical (unpaired) electrons. The highest BCUT2D eigenvalue weighted by Crippen LogP contribution is 2.37. The third-order valence-corrected chi connectivity index (χ3v) is 4.36. The second-order valence-corrected chi connectivity index (χ2v) is 6.31. The van der Waals surface area contributed by atoms with Crippen LogP contribution in [0.5, 0.6) is 0 Å². The van der Waals surface area contributed by atoms with Crippen molar-refractivity contribution in [3.63, 3.8) is 0 Å². The summed E-state index contributed by atoms with van der Waals surface area (Å²) in [6.07, 6.45) is -0.724. The van der Waals surface area contributed by atoms with E-state index >= 15 is 0 Å². The normalized spacial score (nSPS) is 16.7. The highest BCUT2D eigenvalue weighted by molar-refractivity contribution is 5.94. The molecule has 0 spiro atoms. The van der Waals surface area contributed by atoms with Gasteiger partial charge in [0.1, 0.15) is 5.82 Å². The fraction of sp³-hybridized carbons (Fsp3) is 0.211. The van der Waals surface area contributed by atoms with Crippen LogP contribution in [0.25, 0.3) is 0 Å². The minimum atomic E-state index is -4.41. The van der Waals surface area contributed by atoms with E-state index < -0.39 is 17.6 Å². The topological polar surface area (TPSA) is 88.3 Å². The molecule has 146 valence electrons. The molecular weight excluding hydrogens is 373 g/mol. The van der Waals surface area contributed by atoms with Gasteiger partial charge in [0, 0.05) is 18.2 Å². The van der Waals surface area contributed by atoms with Crippen molar-refractivity contribution in [2.24, 2.45) is 5.92 Å². The number of anilines is 3. The summed E-state index contributed by atoms with van der Waals surface area (Å²) in [7, 11) is 0. The van der Waals surface area contributed by atoms with E-state index in [2.05, 4.69) is 4.98 Å². The molecule has 0 fully saturated rings. The average Bonchev–Trinajstić information content (AvgIpc) is 2.65. The second-order valence-electron chi connectivity index (χ2n) is 6.31. The van der Waals surface area contributed by atoms with Gasteiger partial charge in [-0.2, -0.15) is 13.2 Å². The predicted octanol–water partition coefficient (Wildman–Crippen LogP) is 2.82. The molecule has 3 N–H and O–H groups in total. The van der Waals surface area contributed by atoms with Crippen molar-refractivity contribution in [3.05, 3.63) is 59.8 Å². The highest BCUT2D eigenvalue weighted by Gasteiger charge is 2.31. The number of imide groups is 1. The molecule has 1 aromatic heterocycles. The van der Waals surface area contributed by atoms with E-state index in [1.54, 1.807) is 18.2 Å². The summed E-state index contributed by atoms with van der Waals surface area (Å²) in [6.45, 7) is 0.425. The molecule has 1 unspecified atom stereocenters. The van der Waals surface area contributed by atoms with Crippen molar-refractivity contribution < 1.29 is 22.8 Å². The van der Waals surface area contributed by atoms with Crippen LogP contribution in [0.3, 0.4) is 0 Å². The standard InChI is InChI=1S/C19H17F3N4O2/c20-19(21,22)13-2-4-14(5-3-13)26-10-12(1-8-18(28)24-11-27)9-15-16(26)6-7-17(23)25-15/h1-8,11-12H,9-10H2,(H2,23,25)(H,24,27,28). The number of pyridine rings is 1. The Balaban J connectivity index is 1.92. The van der Waals surface area contributed by atoms with Crippen molar-refractivity contribution >= 4 is 29.5 Å². The summed E-state index contributed by atoms with van der Waals surface area (Å²) < 4.78 is 38.5. The quantitative estimate of drug-likeness (QED) is 0.619. The lowest BCUT2D eigenvalue weighted by molar-refractivity contribution is -0.137. The number of nitrogen functional groups attached to an aromatic ring is 1. The molecule has 9 heteroatoms. The number of carbonyl (C=O) groups excluding carboxylic acids is 2. The first-order valence-electron chi connectivity index (χ1n) is 8.40. The monoisotopic (exact) mass is 390 g/mol. The van der Waals surface area contributed by atoms with E-state index in [1.165, 1.54) is 18.2 Å². The summed E-state index contributed by atoms with van der Waals surface area (Å²) in [4.78, 5) is 28.0. The number of nitrogens with one attached hydrogen (secondary N) is 1. The van der Waals surface area contributed by atoms with Gasteiger partial charge in [-0.3, -0.25) is 14.9 Å². The van der Waals surface area contributed by atoms with Crippen molar-refractivity contribution in [1.82, 2.24) is 10.3 Å². The molecular formula is C19H17F3N4O2. The first-order chi connectivity index (χ1) is 13.3. The fourth-order valence-electron chi connectivity index (χ4n) is 3.09. The lowest BCUT2D eigenvalue weighted by Crippen LogP contribution is -2.32. The Labute approximate surface area is 158 Å². The largest absolute Gasteiger partial charge is 0.416 e. The number of nitrogens with zero attached hydrogens (tertiary/aromatic N) is 2. The molecule has 1 atom stereocenters. The Morgan fingerprint density at radius 2 is 1.93 bits per heavy atom. The minimum absolute atomic E-state index is 0.151. The molecule has 2 aromatic rings. The second kappa shape index (κ2) is 7.71. The molecule has 1 aliphatic heterocycles. The van der Waals surface area contributed by atoms with Crippen LogP contribution in [0.15, 0.2) is 48.6 Å². The van der Waals surface area contributed by atoms with E-state index in [1.807, 2.05) is 10.2 Å². The summed E-state index contributed by atoms with van der Waals surface area (Å²) in [5.74, 6) is -0.377. The van der Waals surface area contributed by atoms with Crippen LogP contribution in [-0.2, 0) is 22.2 Å². The van der Waals surface area contributed by atoms with Crippen LogP contribution in [0.1, 0.15) is 11.3 Å². The van der Waals surface area contributed by atoms with Crippen LogP contribution in [-0.4, -0.2) is 23.8 Å². The van der Waals surface area contributed by atoms with Gasteiger partial charge in [0.2, 0.25) is 12.3 Å². The van der Waals surface area contributed by atoms with Gasteiger partial charge in [-0.1, -0.05) is 6.08 Å². The molecule has 0 bridgehead atoms. The molecule has 6 nitrogen and oxygen atoms in total. The SMILES string of the molecule is Nc1ccc2c(n1)CC(C=CC(=O)NC=O)CN2c1ccc(C(F)(F)F)cc1. The first-order valence-corrected chi connectivity index (χ1v) is 8.40. The Bertz CT molecular complexity index is 910. The predicted molar refractivity (Wildman–Crippen MR) is 97.6 cm³/mol. The van der Waals surface area contributed by atoms with Crippen LogP contribution in [0.4, 0.5) is 30.4 Å². The van der Waals surface area contributed by atoms with Gasteiger partial charge in [0.05, 0.1) is 16.9 Å². The van der Waals surface area contributed by atoms with Gasteiger partial charge in [-0.05, 0) is 48.9 Å². The van der Waals surface area contributed by atoms with Crippen molar-refractivity contribution in [2.75, 3.05) is 17.2 Å². The highest BCUT2D eigenvalue weighted by atomic mass is 19.4. The van der Waals surface area contributed by atoms with Crippen LogP contribution < -0.4 is 16.0 Å². The fourth-order valence-corrected chi connectivity index (χ4v) is 3.09. The number of rotatable bonds is 4. The van der Waals surface area contributed by atoms with Gasteiger partial charge < -0.3 is 10.6 Å². The van der Waals surface area contributed by atoms with E-state index in [0.717, 1.165) is 17.8 Å². The molecule has 28 heavy (non-hydrogen) atoms. The number of fused-ring (bicyclic) bond motifs is 1. The molecule has 0 saturated carbocycles. The van der Waals surface area contributed by atoms with Gasteiger partial charge in [-0.15, -0.1) is 0 Å². The third kappa shape index (κ3) is 4.30. The molecule has 1 aromatic carbocycles. The maximum atomic E-state index is 12.8. The number of amides is 2. The third-order valence-electron chi connectivity index (χ3n) is 4.36. The maximum Gasteiger partial charge on any atom is 0.416 e. The zero-order chi connectivity index (χ0) is 20.3. The lowest BCUT2D eigenvalue weighted by atomic mass is 9.94. The average molecular weight is 390 g/mol. The van der Waals surface area contributed by atoms with E-state index in [9.17, 15) is 22.8 Å². The summed E-state index contributed by atoms with van der Waals surface area (Å²) in [5, 5.41) is 2.01. The van der Waals surface area contributed by atoms with Gasteiger partial charge >= 0.3 is 6.18 Å². The Kier molecular flexibility index (Phi) is 5.34. The number of benzene rings is 1. The Morgan fingerprint density at radius 3 is 2.57 bits per heavy atom.